The topological polar surface area (TPSA) is 50.3 Å². The van der Waals surface area contributed by atoms with E-state index in [9.17, 15) is 0 Å². The van der Waals surface area contributed by atoms with Gasteiger partial charge < -0.3 is 4.42 Å². The van der Waals surface area contributed by atoms with Crippen molar-refractivity contribution in [1.29, 1.82) is 0 Å². The fourth-order valence-corrected chi connectivity index (χ4v) is 3.89. The number of aryl methyl sites for hydroxylation is 3. The van der Waals surface area contributed by atoms with Gasteiger partial charge in [0.15, 0.2) is 0 Å². The molecule has 2 atom stereocenters. The Morgan fingerprint density at radius 3 is 2.68 bits per heavy atom. The molecule has 0 N–H and O–H groups in total. The molecule has 0 aliphatic carbocycles. The van der Waals surface area contributed by atoms with E-state index in [2.05, 4.69) is 40.0 Å². The van der Waals surface area contributed by atoms with Crippen LogP contribution in [-0.4, -0.2) is 51.7 Å². The fraction of sp³-hybridized carbons (Fsp3) is 0.667. The molecule has 1 aliphatic rings. The Labute approximate surface area is 167 Å². The summed E-state index contributed by atoms with van der Waals surface area (Å²) in [5.41, 5.74) is 2.29. The molecule has 0 amide bonds. The Balaban J connectivity index is 0.00000225. The number of likely N-dealkylation sites (tertiary alicyclic amines) is 1. The van der Waals surface area contributed by atoms with Crippen molar-refractivity contribution in [2.75, 3.05) is 27.2 Å². The molecule has 0 unspecified atom stereocenters. The van der Waals surface area contributed by atoms with Crippen LogP contribution in [0.3, 0.4) is 0 Å². The van der Waals surface area contributed by atoms with Gasteiger partial charge in [-0.1, -0.05) is 0 Å². The van der Waals surface area contributed by atoms with Crippen molar-refractivity contribution in [3.63, 3.8) is 0 Å². The first-order valence-electron chi connectivity index (χ1n) is 8.75. The second kappa shape index (κ2) is 8.64. The van der Waals surface area contributed by atoms with Crippen LogP contribution >= 0.6 is 24.0 Å². The summed E-state index contributed by atoms with van der Waals surface area (Å²) in [7, 11) is 6.42. The van der Waals surface area contributed by atoms with E-state index in [4.69, 9.17) is 4.42 Å². The normalized spacial score (nSPS) is 21.5. The van der Waals surface area contributed by atoms with Gasteiger partial charge in [0.05, 0.1) is 24.0 Å². The summed E-state index contributed by atoms with van der Waals surface area (Å²) in [4.78, 5) is 9.31. The number of hydrogen-bond acceptors (Lipinski definition) is 5. The van der Waals surface area contributed by atoms with E-state index in [-0.39, 0.29) is 24.0 Å². The highest BCUT2D eigenvalue weighted by atomic mass is 127. The predicted octanol–water partition coefficient (Wildman–Crippen LogP) is 3.16. The molecular formula is C18H30IN5O. The number of aromatic nitrogens is 3. The number of rotatable bonds is 5. The number of piperidine rings is 1. The predicted molar refractivity (Wildman–Crippen MR) is 109 cm³/mol. The SMILES string of the molecule is Cc1nc(CN(C)C[C@@H]2CCCN(C)[C@H]2c2ccnn2C)oc1C.I. The third kappa shape index (κ3) is 4.62. The molecule has 0 aromatic carbocycles. The first-order chi connectivity index (χ1) is 11.5. The van der Waals surface area contributed by atoms with Crippen LogP contribution in [0.1, 0.15) is 41.9 Å². The molecule has 0 bridgehead atoms. The molecule has 6 nitrogen and oxygen atoms in total. The van der Waals surface area contributed by atoms with Gasteiger partial charge in [-0.2, -0.15) is 5.10 Å². The highest BCUT2D eigenvalue weighted by molar-refractivity contribution is 14.0. The zero-order chi connectivity index (χ0) is 17.3. The molecule has 25 heavy (non-hydrogen) atoms. The quantitative estimate of drug-likeness (QED) is 0.644. The molecule has 7 heteroatoms. The summed E-state index contributed by atoms with van der Waals surface area (Å²) in [6.07, 6.45) is 4.39. The van der Waals surface area contributed by atoms with Gasteiger partial charge in [-0.3, -0.25) is 14.5 Å². The Morgan fingerprint density at radius 2 is 2.08 bits per heavy atom. The van der Waals surface area contributed by atoms with E-state index >= 15 is 0 Å². The van der Waals surface area contributed by atoms with E-state index < -0.39 is 0 Å². The lowest BCUT2D eigenvalue weighted by Crippen LogP contribution is -2.41. The smallest absolute Gasteiger partial charge is 0.208 e. The van der Waals surface area contributed by atoms with Crippen LogP contribution in [0.2, 0.25) is 0 Å². The van der Waals surface area contributed by atoms with Crippen LogP contribution in [0, 0.1) is 19.8 Å². The van der Waals surface area contributed by atoms with Crippen LogP contribution in [0.4, 0.5) is 0 Å². The molecule has 1 saturated heterocycles. The van der Waals surface area contributed by atoms with Gasteiger partial charge in [-0.15, -0.1) is 24.0 Å². The van der Waals surface area contributed by atoms with Crippen molar-refractivity contribution >= 4 is 24.0 Å². The van der Waals surface area contributed by atoms with Crippen LogP contribution in [0.5, 0.6) is 0 Å². The molecular weight excluding hydrogens is 429 g/mol. The van der Waals surface area contributed by atoms with Crippen molar-refractivity contribution in [2.45, 2.75) is 39.3 Å². The number of oxazole rings is 1. The lowest BCUT2D eigenvalue weighted by Gasteiger charge is -2.40. The van der Waals surface area contributed by atoms with Crippen molar-refractivity contribution in [2.24, 2.45) is 13.0 Å². The second-order valence-electron chi connectivity index (χ2n) is 7.15. The summed E-state index contributed by atoms with van der Waals surface area (Å²) in [5.74, 6) is 2.32. The standard InChI is InChI=1S/C18H29N5O.HI/c1-13-14(2)24-17(20-13)12-21(3)11-15-7-6-10-22(4)18(15)16-8-9-19-23(16)5;/h8-9,15,18H,6-7,10-12H2,1-5H3;1H/t15-,18+;/m0./s1. The molecule has 2 aromatic rings. The lowest BCUT2D eigenvalue weighted by atomic mass is 9.87. The minimum Gasteiger partial charge on any atom is -0.444 e. The summed E-state index contributed by atoms with van der Waals surface area (Å²) < 4.78 is 7.75. The number of halogens is 1. The molecule has 140 valence electrons. The second-order valence-corrected chi connectivity index (χ2v) is 7.15. The highest BCUT2D eigenvalue weighted by Gasteiger charge is 2.33. The van der Waals surface area contributed by atoms with Crippen LogP contribution in [0.25, 0.3) is 0 Å². The Kier molecular flexibility index (Phi) is 7.04. The summed E-state index contributed by atoms with van der Waals surface area (Å²) in [6.45, 7) is 6.90. The minimum absolute atomic E-state index is 0. The first kappa shape index (κ1) is 20.4. The molecule has 3 rings (SSSR count). The molecule has 2 aromatic heterocycles. The average Bonchev–Trinajstić information content (AvgIpc) is 3.05. The molecule has 0 spiro atoms. The zero-order valence-corrected chi connectivity index (χ0v) is 18.2. The maximum absolute atomic E-state index is 5.74. The van der Waals surface area contributed by atoms with Gasteiger partial charge >= 0.3 is 0 Å². The molecule has 1 aliphatic heterocycles. The van der Waals surface area contributed by atoms with E-state index in [0.29, 0.717) is 12.0 Å². The van der Waals surface area contributed by atoms with Crippen molar-refractivity contribution in [1.82, 2.24) is 24.6 Å². The maximum atomic E-state index is 5.74. The van der Waals surface area contributed by atoms with Gasteiger partial charge in [-0.25, -0.2) is 4.98 Å². The van der Waals surface area contributed by atoms with Crippen molar-refractivity contribution in [3.8, 4) is 0 Å². The average molecular weight is 459 g/mol. The summed E-state index contributed by atoms with van der Waals surface area (Å²) in [6, 6.07) is 2.57. The van der Waals surface area contributed by atoms with Crippen LogP contribution in [-0.2, 0) is 13.6 Å². The Morgan fingerprint density at radius 1 is 1.32 bits per heavy atom. The van der Waals surface area contributed by atoms with Crippen molar-refractivity contribution in [3.05, 3.63) is 35.3 Å². The monoisotopic (exact) mass is 459 g/mol. The fourth-order valence-electron chi connectivity index (χ4n) is 3.89. The van der Waals surface area contributed by atoms with E-state index in [1.54, 1.807) is 0 Å². The van der Waals surface area contributed by atoms with E-state index in [0.717, 1.165) is 37.0 Å². The summed E-state index contributed by atoms with van der Waals surface area (Å²) in [5, 5.41) is 4.37. The Bertz CT molecular complexity index is 663. The molecule has 1 fully saturated rings. The first-order valence-corrected chi connectivity index (χ1v) is 8.75. The Hall–Kier alpha value is -0.930. The van der Waals surface area contributed by atoms with E-state index in [1.807, 2.05) is 31.8 Å². The highest BCUT2D eigenvalue weighted by Crippen LogP contribution is 2.35. The molecule has 0 radical (unpaired) electrons. The van der Waals surface area contributed by atoms with E-state index in [1.165, 1.54) is 18.5 Å². The third-order valence-corrected chi connectivity index (χ3v) is 5.19. The zero-order valence-electron chi connectivity index (χ0n) is 15.9. The van der Waals surface area contributed by atoms with Gasteiger partial charge in [0.1, 0.15) is 5.76 Å². The van der Waals surface area contributed by atoms with Gasteiger partial charge in [0.2, 0.25) is 5.89 Å². The van der Waals surface area contributed by atoms with Gasteiger partial charge in [0, 0.05) is 19.8 Å². The van der Waals surface area contributed by atoms with Crippen molar-refractivity contribution < 1.29 is 4.42 Å². The van der Waals surface area contributed by atoms with Crippen LogP contribution in [0.15, 0.2) is 16.7 Å². The molecule has 3 heterocycles. The number of nitrogens with zero attached hydrogens (tertiary/aromatic N) is 5. The molecule has 0 saturated carbocycles. The maximum Gasteiger partial charge on any atom is 0.208 e. The van der Waals surface area contributed by atoms with Gasteiger partial charge in [-0.05, 0) is 59.3 Å². The number of hydrogen-bond donors (Lipinski definition) is 0. The van der Waals surface area contributed by atoms with Gasteiger partial charge in [0.25, 0.3) is 0 Å². The largest absolute Gasteiger partial charge is 0.444 e. The summed E-state index contributed by atoms with van der Waals surface area (Å²) >= 11 is 0. The minimum atomic E-state index is 0. The lowest BCUT2D eigenvalue weighted by molar-refractivity contribution is 0.0850. The third-order valence-electron chi connectivity index (χ3n) is 5.19. The van der Waals surface area contributed by atoms with Crippen LogP contribution < -0.4 is 0 Å².